The summed E-state index contributed by atoms with van der Waals surface area (Å²) in [5, 5.41) is 6.17. The van der Waals surface area contributed by atoms with Gasteiger partial charge in [-0.05, 0) is 63.4 Å². The molecule has 240 valence electrons. The van der Waals surface area contributed by atoms with Crippen molar-refractivity contribution in [3.8, 4) is 39.5 Å². The van der Waals surface area contributed by atoms with Crippen molar-refractivity contribution < 1.29 is 0 Å². The average molecular weight is 670 g/mol. The predicted molar refractivity (Wildman–Crippen MR) is 215 cm³/mol. The molecular weight excluding hydrogens is 639 g/mol. The Labute approximate surface area is 299 Å². The predicted octanol–water partition coefficient (Wildman–Crippen LogP) is 12.7. The van der Waals surface area contributed by atoms with Gasteiger partial charge in [-0.1, -0.05) is 135 Å². The molecule has 0 bridgehead atoms. The van der Waals surface area contributed by atoms with Crippen LogP contribution in [0.2, 0.25) is 0 Å². The molecule has 0 spiro atoms. The number of hydrogen-bond donors (Lipinski definition) is 0. The molecule has 7 aromatic carbocycles. The lowest BCUT2D eigenvalue weighted by molar-refractivity contribution is 0.630. The molecule has 1 aliphatic rings. The van der Waals surface area contributed by atoms with Gasteiger partial charge in [0.05, 0.1) is 32.6 Å². The standard InChI is InChI=1S/C47H31N3S/c1-47(2)37-21-11-20-36-43(37)50(44-35-18-6-8-23-41(35)51-45(36)44)40-25-24-30(27-38(40)47)42-34-17-5-7-22-39(34)48-46(49-42)31-15-9-14-29(26-31)33-19-10-13-28-12-3-4-16-32(28)33/h3-27H,1-2H3. The molecule has 1 aliphatic heterocycles. The van der Waals surface area contributed by atoms with Crippen LogP contribution < -0.4 is 0 Å². The Morgan fingerprint density at radius 3 is 2.18 bits per heavy atom. The van der Waals surface area contributed by atoms with Gasteiger partial charge >= 0.3 is 0 Å². The molecule has 0 saturated heterocycles. The zero-order valence-corrected chi connectivity index (χ0v) is 29.0. The maximum Gasteiger partial charge on any atom is 0.160 e. The highest BCUT2D eigenvalue weighted by Gasteiger charge is 2.36. The highest BCUT2D eigenvalue weighted by Crippen LogP contribution is 2.51. The van der Waals surface area contributed by atoms with Crippen LogP contribution in [0.4, 0.5) is 0 Å². The van der Waals surface area contributed by atoms with Crippen LogP contribution in [-0.4, -0.2) is 14.5 Å². The van der Waals surface area contributed by atoms with Gasteiger partial charge in [0.1, 0.15) is 0 Å². The highest BCUT2D eigenvalue weighted by atomic mass is 32.1. The smallest absolute Gasteiger partial charge is 0.160 e. The van der Waals surface area contributed by atoms with Gasteiger partial charge in [-0.3, -0.25) is 0 Å². The molecule has 0 aliphatic carbocycles. The zero-order valence-electron chi connectivity index (χ0n) is 28.2. The summed E-state index contributed by atoms with van der Waals surface area (Å²) >= 11 is 1.90. The summed E-state index contributed by atoms with van der Waals surface area (Å²) in [5.41, 5.74) is 12.7. The largest absolute Gasteiger partial charge is 0.307 e. The molecule has 0 amide bonds. The van der Waals surface area contributed by atoms with E-state index < -0.39 is 0 Å². The van der Waals surface area contributed by atoms with E-state index in [-0.39, 0.29) is 5.41 Å². The van der Waals surface area contributed by atoms with E-state index in [9.17, 15) is 0 Å². The maximum atomic E-state index is 5.37. The van der Waals surface area contributed by atoms with E-state index in [4.69, 9.17) is 9.97 Å². The number of aromatic nitrogens is 3. The minimum absolute atomic E-state index is 0.213. The Hall–Kier alpha value is -6.10. The molecule has 0 saturated carbocycles. The fourth-order valence-corrected chi connectivity index (χ4v) is 9.73. The molecule has 0 N–H and O–H groups in total. The quantitative estimate of drug-likeness (QED) is 0.187. The van der Waals surface area contributed by atoms with Gasteiger partial charge in [0, 0.05) is 37.4 Å². The first-order valence-corrected chi connectivity index (χ1v) is 18.3. The SMILES string of the molecule is CC1(C)c2cc(-c3nc(-c4cccc(-c5cccc6ccccc56)c4)nc4ccccc34)ccc2-n2c3c1cccc3c1sc3ccccc3c12. The van der Waals surface area contributed by atoms with Crippen LogP contribution >= 0.6 is 11.3 Å². The number of nitrogens with zero attached hydrogens (tertiary/aromatic N) is 3. The van der Waals surface area contributed by atoms with E-state index in [1.165, 1.54) is 64.4 Å². The molecule has 3 nitrogen and oxygen atoms in total. The first-order valence-electron chi connectivity index (χ1n) is 17.5. The minimum Gasteiger partial charge on any atom is -0.307 e. The second-order valence-electron chi connectivity index (χ2n) is 14.2. The Morgan fingerprint density at radius 2 is 1.25 bits per heavy atom. The van der Waals surface area contributed by atoms with Crippen LogP contribution in [0.1, 0.15) is 25.0 Å². The summed E-state index contributed by atoms with van der Waals surface area (Å²) in [6.45, 7) is 4.74. The Kier molecular flexibility index (Phi) is 5.89. The van der Waals surface area contributed by atoms with Crippen LogP contribution in [0, 0.1) is 0 Å². The van der Waals surface area contributed by atoms with Crippen molar-refractivity contribution in [2.45, 2.75) is 19.3 Å². The molecule has 0 atom stereocenters. The summed E-state index contributed by atoms with van der Waals surface area (Å²) < 4.78 is 5.22. The van der Waals surface area contributed by atoms with Crippen molar-refractivity contribution in [3.05, 3.63) is 163 Å². The van der Waals surface area contributed by atoms with E-state index >= 15 is 0 Å². The second-order valence-corrected chi connectivity index (χ2v) is 15.2. The van der Waals surface area contributed by atoms with Crippen molar-refractivity contribution in [3.63, 3.8) is 0 Å². The molecule has 4 heteroatoms. The molecule has 3 aromatic heterocycles. The van der Waals surface area contributed by atoms with Gasteiger partial charge in [-0.2, -0.15) is 0 Å². The summed E-state index contributed by atoms with van der Waals surface area (Å²) in [5.74, 6) is 0.728. The number of benzene rings is 7. The molecule has 10 aromatic rings. The average Bonchev–Trinajstić information content (AvgIpc) is 3.72. The lowest BCUT2D eigenvalue weighted by Gasteiger charge is -2.35. The van der Waals surface area contributed by atoms with Crippen molar-refractivity contribution >= 4 is 64.2 Å². The van der Waals surface area contributed by atoms with Crippen molar-refractivity contribution in [2.24, 2.45) is 0 Å². The number of hydrogen-bond acceptors (Lipinski definition) is 3. The van der Waals surface area contributed by atoms with Crippen molar-refractivity contribution in [2.75, 3.05) is 0 Å². The summed E-state index contributed by atoms with van der Waals surface area (Å²) in [6, 6.07) is 54.8. The number of thiophene rings is 1. The van der Waals surface area contributed by atoms with E-state index in [1.54, 1.807) is 0 Å². The van der Waals surface area contributed by atoms with Crippen LogP contribution in [-0.2, 0) is 5.41 Å². The lowest BCUT2D eigenvalue weighted by Crippen LogP contribution is -2.26. The summed E-state index contributed by atoms with van der Waals surface area (Å²) in [7, 11) is 0. The first-order chi connectivity index (χ1) is 25.0. The monoisotopic (exact) mass is 669 g/mol. The molecule has 11 rings (SSSR count). The first kappa shape index (κ1) is 28.7. The van der Waals surface area contributed by atoms with Crippen LogP contribution in [0.5, 0.6) is 0 Å². The molecule has 51 heavy (non-hydrogen) atoms. The number of para-hydroxylation sites is 2. The second kappa shape index (κ2) is 10.5. The topological polar surface area (TPSA) is 30.7 Å². The van der Waals surface area contributed by atoms with Gasteiger partial charge in [0.2, 0.25) is 0 Å². The maximum absolute atomic E-state index is 5.37. The van der Waals surface area contributed by atoms with Crippen LogP contribution in [0.3, 0.4) is 0 Å². The number of rotatable bonds is 3. The fraction of sp³-hybridized carbons (Fsp3) is 0.0638. The van der Waals surface area contributed by atoms with Crippen molar-refractivity contribution in [1.29, 1.82) is 0 Å². The van der Waals surface area contributed by atoms with Crippen LogP contribution in [0.15, 0.2) is 152 Å². The molecule has 0 radical (unpaired) electrons. The molecule has 0 unspecified atom stereocenters. The van der Waals surface area contributed by atoms with Gasteiger partial charge in [-0.25, -0.2) is 9.97 Å². The molecule has 4 heterocycles. The third-order valence-electron chi connectivity index (χ3n) is 11.0. The zero-order chi connectivity index (χ0) is 33.8. The van der Waals surface area contributed by atoms with Gasteiger partial charge in [0.25, 0.3) is 0 Å². The van der Waals surface area contributed by atoms with Crippen LogP contribution in [0.25, 0.3) is 92.3 Å². The highest BCUT2D eigenvalue weighted by molar-refractivity contribution is 7.26. The van der Waals surface area contributed by atoms with E-state index in [0.29, 0.717) is 0 Å². The number of fused-ring (bicyclic) bond motifs is 9. The minimum atomic E-state index is -0.213. The van der Waals surface area contributed by atoms with Gasteiger partial charge < -0.3 is 4.57 Å². The Balaban J connectivity index is 1.12. The summed E-state index contributed by atoms with van der Waals surface area (Å²) in [6.07, 6.45) is 0. The van der Waals surface area contributed by atoms with Gasteiger partial charge in [0.15, 0.2) is 5.82 Å². The third kappa shape index (κ3) is 4.05. The van der Waals surface area contributed by atoms with E-state index in [1.807, 2.05) is 11.3 Å². The summed E-state index contributed by atoms with van der Waals surface area (Å²) in [4.78, 5) is 10.5. The normalized spacial score (nSPS) is 13.5. The molecule has 0 fully saturated rings. The Bertz CT molecular complexity index is 3070. The van der Waals surface area contributed by atoms with E-state index in [0.717, 1.165) is 39.1 Å². The lowest BCUT2D eigenvalue weighted by atomic mass is 9.74. The third-order valence-corrected chi connectivity index (χ3v) is 12.2. The van der Waals surface area contributed by atoms with E-state index in [2.05, 4.69) is 170 Å². The van der Waals surface area contributed by atoms with Gasteiger partial charge in [-0.15, -0.1) is 11.3 Å². The van der Waals surface area contributed by atoms with Crippen molar-refractivity contribution in [1.82, 2.24) is 14.5 Å². The molecular formula is C47H31N3S. The Morgan fingerprint density at radius 1 is 0.529 bits per heavy atom. The fourth-order valence-electron chi connectivity index (χ4n) is 8.51.